The molecule has 0 radical (unpaired) electrons. The quantitative estimate of drug-likeness (QED) is 0.705. The van der Waals surface area contributed by atoms with Gasteiger partial charge in [0.1, 0.15) is 5.75 Å². The van der Waals surface area contributed by atoms with Crippen molar-refractivity contribution >= 4 is 11.6 Å². The van der Waals surface area contributed by atoms with Crippen LogP contribution in [0.5, 0.6) is 17.2 Å². The fourth-order valence-corrected chi connectivity index (χ4v) is 2.43. The van der Waals surface area contributed by atoms with Gasteiger partial charge in [0.15, 0.2) is 17.3 Å². The van der Waals surface area contributed by atoms with E-state index in [1.54, 1.807) is 0 Å². The molecule has 2 aromatic carbocycles. The molecular weight excluding hydrogens is 260 g/mol. The molecule has 2 aromatic rings. The van der Waals surface area contributed by atoms with E-state index in [4.69, 9.17) is 4.74 Å². The molecule has 5 heteroatoms. The van der Waals surface area contributed by atoms with Gasteiger partial charge in [0.2, 0.25) is 5.78 Å². The molecule has 1 aliphatic carbocycles. The summed E-state index contributed by atoms with van der Waals surface area (Å²) in [6.45, 7) is 0. The van der Waals surface area contributed by atoms with E-state index in [2.05, 4.69) is 0 Å². The predicted octanol–water partition coefficient (Wildman–Crippen LogP) is 1.88. The van der Waals surface area contributed by atoms with Crippen LogP contribution in [0.1, 0.15) is 31.8 Å². The number of carbonyl (C=O) groups is 2. The van der Waals surface area contributed by atoms with Gasteiger partial charge >= 0.3 is 0 Å². The second kappa shape index (κ2) is 4.09. The van der Waals surface area contributed by atoms with Crippen LogP contribution in [0.2, 0.25) is 0 Å². The van der Waals surface area contributed by atoms with Crippen molar-refractivity contribution in [1.82, 2.24) is 0 Å². The molecule has 5 nitrogen and oxygen atoms in total. The predicted molar refractivity (Wildman–Crippen MR) is 69.6 cm³/mol. The number of methoxy groups -OCH3 is 1. The van der Waals surface area contributed by atoms with Crippen LogP contribution in [0.4, 0.5) is 0 Å². The number of aromatic hydroxyl groups is 2. The lowest BCUT2D eigenvalue weighted by molar-refractivity contribution is 0.0973. The molecule has 1 aliphatic rings. The fraction of sp³-hybridized carbons (Fsp3) is 0.0667. The van der Waals surface area contributed by atoms with E-state index in [9.17, 15) is 19.8 Å². The normalized spacial score (nSPS) is 12.8. The Morgan fingerprint density at radius 3 is 2.25 bits per heavy atom. The SMILES string of the molecule is COc1c(O)ccc2c1C(=O)c1c(O)cccc1C2=O. The summed E-state index contributed by atoms with van der Waals surface area (Å²) in [4.78, 5) is 24.9. The molecule has 3 rings (SSSR count). The van der Waals surface area contributed by atoms with Crippen molar-refractivity contribution in [2.75, 3.05) is 7.11 Å². The van der Waals surface area contributed by atoms with E-state index in [0.717, 1.165) is 0 Å². The molecule has 0 saturated carbocycles. The zero-order valence-corrected chi connectivity index (χ0v) is 10.5. The standard InChI is InChI=1S/C15H10O5/c1-20-15-10(17)6-5-8-12(15)14(19)11-7(13(8)18)3-2-4-9(11)16/h2-6,16-17H,1H3. The molecule has 100 valence electrons. The molecule has 0 aromatic heterocycles. The summed E-state index contributed by atoms with van der Waals surface area (Å²) >= 11 is 0. The molecule has 0 saturated heterocycles. The second-order valence-corrected chi connectivity index (χ2v) is 4.40. The average Bonchev–Trinajstić information content (AvgIpc) is 2.44. The van der Waals surface area contributed by atoms with Crippen LogP contribution < -0.4 is 4.74 Å². The summed E-state index contributed by atoms with van der Waals surface area (Å²) in [5.74, 6) is -1.48. The van der Waals surface area contributed by atoms with Gasteiger partial charge in [-0.05, 0) is 18.2 Å². The maximum Gasteiger partial charge on any atom is 0.202 e. The first-order valence-corrected chi connectivity index (χ1v) is 5.87. The highest BCUT2D eigenvalue weighted by atomic mass is 16.5. The lowest BCUT2D eigenvalue weighted by atomic mass is 9.83. The van der Waals surface area contributed by atoms with Crippen LogP contribution in [0.25, 0.3) is 0 Å². The van der Waals surface area contributed by atoms with Crippen molar-refractivity contribution < 1.29 is 24.5 Å². The number of rotatable bonds is 1. The van der Waals surface area contributed by atoms with Gasteiger partial charge in [-0.3, -0.25) is 9.59 Å². The van der Waals surface area contributed by atoms with Crippen molar-refractivity contribution in [3.05, 3.63) is 52.6 Å². The van der Waals surface area contributed by atoms with E-state index >= 15 is 0 Å². The highest BCUT2D eigenvalue weighted by Gasteiger charge is 2.35. The Hall–Kier alpha value is -2.82. The maximum atomic E-state index is 12.5. The third-order valence-electron chi connectivity index (χ3n) is 3.33. The zero-order chi connectivity index (χ0) is 14.4. The first-order chi connectivity index (χ1) is 9.56. The van der Waals surface area contributed by atoms with Crippen LogP contribution in [-0.4, -0.2) is 28.9 Å². The Bertz CT molecular complexity index is 761. The van der Waals surface area contributed by atoms with E-state index in [-0.39, 0.29) is 45.3 Å². The minimum absolute atomic E-state index is 0.0218. The molecule has 0 spiro atoms. The molecule has 0 aliphatic heterocycles. The van der Waals surface area contributed by atoms with Crippen molar-refractivity contribution in [3.8, 4) is 17.2 Å². The Morgan fingerprint density at radius 1 is 0.850 bits per heavy atom. The van der Waals surface area contributed by atoms with Gasteiger partial charge in [-0.15, -0.1) is 0 Å². The topological polar surface area (TPSA) is 83.8 Å². The van der Waals surface area contributed by atoms with Crippen LogP contribution >= 0.6 is 0 Å². The average molecular weight is 270 g/mol. The van der Waals surface area contributed by atoms with E-state index in [1.807, 2.05) is 0 Å². The van der Waals surface area contributed by atoms with Crippen molar-refractivity contribution in [3.63, 3.8) is 0 Å². The second-order valence-electron chi connectivity index (χ2n) is 4.40. The molecule has 0 atom stereocenters. The Balaban J connectivity index is 2.39. The van der Waals surface area contributed by atoms with Crippen LogP contribution in [0.3, 0.4) is 0 Å². The Kier molecular flexibility index (Phi) is 2.50. The van der Waals surface area contributed by atoms with E-state index in [0.29, 0.717) is 0 Å². The lowest BCUT2D eigenvalue weighted by Gasteiger charge is -2.20. The number of phenols is 2. The zero-order valence-electron chi connectivity index (χ0n) is 10.5. The number of hydrogen-bond donors (Lipinski definition) is 2. The fourth-order valence-electron chi connectivity index (χ4n) is 2.43. The van der Waals surface area contributed by atoms with Gasteiger partial charge < -0.3 is 14.9 Å². The Morgan fingerprint density at radius 2 is 1.55 bits per heavy atom. The monoisotopic (exact) mass is 270 g/mol. The molecule has 0 fully saturated rings. The third kappa shape index (κ3) is 1.43. The van der Waals surface area contributed by atoms with E-state index in [1.165, 1.54) is 37.4 Å². The Labute approximate surface area is 114 Å². The summed E-state index contributed by atoms with van der Waals surface area (Å²) in [7, 11) is 1.30. The van der Waals surface area contributed by atoms with Gasteiger partial charge in [-0.2, -0.15) is 0 Å². The van der Waals surface area contributed by atoms with Crippen LogP contribution in [0.15, 0.2) is 30.3 Å². The van der Waals surface area contributed by atoms with Crippen molar-refractivity contribution in [2.45, 2.75) is 0 Å². The molecule has 0 amide bonds. The summed E-state index contributed by atoms with van der Waals surface area (Å²) in [5, 5.41) is 19.6. The van der Waals surface area contributed by atoms with Crippen molar-refractivity contribution in [2.24, 2.45) is 0 Å². The number of ether oxygens (including phenoxy) is 1. The minimum Gasteiger partial charge on any atom is -0.507 e. The third-order valence-corrected chi connectivity index (χ3v) is 3.33. The van der Waals surface area contributed by atoms with Gasteiger partial charge in [0.25, 0.3) is 0 Å². The smallest absolute Gasteiger partial charge is 0.202 e. The van der Waals surface area contributed by atoms with E-state index < -0.39 is 5.78 Å². The number of ketones is 2. The summed E-state index contributed by atoms with van der Waals surface area (Å²) < 4.78 is 5.01. The van der Waals surface area contributed by atoms with Crippen LogP contribution in [0, 0.1) is 0 Å². The molecule has 0 bridgehead atoms. The first-order valence-electron chi connectivity index (χ1n) is 5.87. The summed E-state index contributed by atoms with van der Waals surface area (Å²) in [6.07, 6.45) is 0. The molecule has 20 heavy (non-hydrogen) atoms. The maximum absolute atomic E-state index is 12.5. The molecule has 2 N–H and O–H groups in total. The van der Waals surface area contributed by atoms with Gasteiger partial charge in [0.05, 0.1) is 18.2 Å². The first kappa shape index (κ1) is 12.2. The highest BCUT2D eigenvalue weighted by Crippen LogP contribution is 2.40. The highest BCUT2D eigenvalue weighted by molar-refractivity contribution is 6.30. The number of benzene rings is 2. The largest absolute Gasteiger partial charge is 0.507 e. The molecule has 0 unspecified atom stereocenters. The molecular formula is C15H10O5. The minimum atomic E-state index is -0.541. The summed E-state index contributed by atoms with van der Waals surface area (Å²) in [6, 6.07) is 7.00. The number of carbonyl (C=O) groups excluding carboxylic acids is 2. The number of hydrogen-bond acceptors (Lipinski definition) is 5. The van der Waals surface area contributed by atoms with Crippen molar-refractivity contribution in [1.29, 1.82) is 0 Å². The van der Waals surface area contributed by atoms with Gasteiger partial charge in [-0.25, -0.2) is 0 Å². The number of phenolic OH excluding ortho intramolecular Hbond substituents is 2. The van der Waals surface area contributed by atoms with Gasteiger partial charge in [-0.1, -0.05) is 12.1 Å². The van der Waals surface area contributed by atoms with Gasteiger partial charge in [0, 0.05) is 11.1 Å². The van der Waals surface area contributed by atoms with Crippen LogP contribution in [-0.2, 0) is 0 Å². The lowest BCUT2D eigenvalue weighted by Crippen LogP contribution is -2.21. The molecule has 0 heterocycles. The summed E-state index contributed by atoms with van der Waals surface area (Å²) in [5.41, 5.74) is 0.221. The number of fused-ring (bicyclic) bond motifs is 2.